The standard InChI is InChI=1S/C26H39N3O4S/c1-8-11-16-27-23(30)22(20-14-12-19(10-3)13-15-20)29(18(4)9-2)24(31)21(17-34)28-25(32)33-26(5,6)7/h3,12-15,18,21-22,34H,8-9,11,16-17H2,1-2,4-7H3,(H,27,30)(H,28,32). The van der Waals surface area contributed by atoms with Crippen LogP contribution in [0, 0.1) is 12.3 Å². The van der Waals surface area contributed by atoms with Gasteiger partial charge in [0.2, 0.25) is 11.8 Å². The third-order valence-electron chi connectivity index (χ3n) is 5.24. The van der Waals surface area contributed by atoms with Gasteiger partial charge in [-0.2, -0.15) is 12.6 Å². The molecule has 0 fully saturated rings. The van der Waals surface area contributed by atoms with Gasteiger partial charge in [0.05, 0.1) is 0 Å². The maximum Gasteiger partial charge on any atom is 0.408 e. The molecule has 188 valence electrons. The van der Waals surface area contributed by atoms with E-state index in [9.17, 15) is 14.4 Å². The molecule has 0 spiro atoms. The van der Waals surface area contributed by atoms with Crippen LogP contribution in [0.4, 0.5) is 4.79 Å². The van der Waals surface area contributed by atoms with Gasteiger partial charge in [0.15, 0.2) is 0 Å². The first-order valence-electron chi connectivity index (χ1n) is 11.8. The number of thiol groups is 1. The minimum Gasteiger partial charge on any atom is -0.444 e. The van der Waals surface area contributed by atoms with Gasteiger partial charge in [-0.25, -0.2) is 4.79 Å². The van der Waals surface area contributed by atoms with Gasteiger partial charge in [-0.1, -0.05) is 38.3 Å². The quantitative estimate of drug-likeness (QED) is 0.248. The van der Waals surface area contributed by atoms with Crippen molar-refractivity contribution in [2.24, 2.45) is 0 Å². The second-order valence-corrected chi connectivity index (χ2v) is 9.56. The van der Waals surface area contributed by atoms with Crippen molar-refractivity contribution in [3.63, 3.8) is 0 Å². The van der Waals surface area contributed by atoms with Crippen molar-refractivity contribution in [1.29, 1.82) is 0 Å². The summed E-state index contributed by atoms with van der Waals surface area (Å²) >= 11 is 4.30. The van der Waals surface area contributed by atoms with Crippen LogP contribution in [-0.2, 0) is 14.3 Å². The van der Waals surface area contributed by atoms with Gasteiger partial charge >= 0.3 is 6.09 Å². The number of unbranched alkanes of at least 4 members (excludes halogenated alkanes) is 1. The number of benzene rings is 1. The summed E-state index contributed by atoms with van der Waals surface area (Å²) in [6.45, 7) is 11.6. The molecule has 1 rings (SSSR count). The molecule has 3 amide bonds. The summed E-state index contributed by atoms with van der Waals surface area (Å²) in [4.78, 5) is 41.0. The minimum atomic E-state index is -0.969. The molecule has 0 heterocycles. The van der Waals surface area contributed by atoms with E-state index in [1.165, 1.54) is 4.90 Å². The van der Waals surface area contributed by atoms with Crippen LogP contribution in [0.15, 0.2) is 24.3 Å². The summed E-state index contributed by atoms with van der Waals surface area (Å²) < 4.78 is 5.32. The van der Waals surface area contributed by atoms with Gasteiger partial charge in [-0.15, -0.1) is 6.42 Å². The molecule has 8 heteroatoms. The van der Waals surface area contributed by atoms with Crippen LogP contribution in [0.5, 0.6) is 0 Å². The molecule has 1 aromatic rings. The lowest BCUT2D eigenvalue weighted by Crippen LogP contribution is -2.56. The SMILES string of the molecule is C#Cc1ccc(C(C(=O)NCCCC)N(C(=O)C(CS)NC(=O)OC(C)(C)C)C(C)CC)cc1. The number of rotatable bonds is 11. The lowest BCUT2D eigenvalue weighted by molar-refractivity contribution is -0.144. The second kappa shape index (κ2) is 13.9. The van der Waals surface area contributed by atoms with Crippen molar-refractivity contribution >= 4 is 30.5 Å². The summed E-state index contributed by atoms with van der Waals surface area (Å²) in [7, 11) is 0. The highest BCUT2D eigenvalue weighted by Crippen LogP contribution is 2.27. The maximum atomic E-state index is 13.7. The molecule has 0 saturated heterocycles. The fraction of sp³-hybridized carbons (Fsp3) is 0.577. The van der Waals surface area contributed by atoms with E-state index in [1.807, 2.05) is 20.8 Å². The Balaban J connectivity index is 3.39. The van der Waals surface area contributed by atoms with Crippen molar-refractivity contribution in [3.05, 3.63) is 35.4 Å². The number of hydrogen-bond acceptors (Lipinski definition) is 5. The van der Waals surface area contributed by atoms with E-state index in [4.69, 9.17) is 11.2 Å². The predicted molar refractivity (Wildman–Crippen MR) is 139 cm³/mol. The Morgan fingerprint density at radius 3 is 2.26 bits per heavy atom. The topological polar surface area (TPSA) is 87.7 Å². The number of carbonyl (C=O) groups excluding carboxylic acids is 3. The van der Waals surface area contributed by atoms with Crippen LogP contribution in [0.1, 0.15) is 78.0 Å². The van der Waals surface area contributed by atoms with E-state index in [-0.39, 0.29) is 17.7 Å². The molecule has 2 N–H and O–H groups in total. The summed E-state index contributed by atoms with van der Waals surface area (Å²) in [5, 5.41) is 5.56. The Hall–Kier alpha value is -2.66. The molecule has 0 aliphatic rings. The Kier molecular flexibility index (Phi) is 12.0. The molecule has 34 heavy (non-hydrogen) atoms. The monoisotopic (exact) mass is 489 g/mol. The van der Waals surface area contributed by atoms with Crippen LogP contribution < -0.4 is 10.6 Å². The van der Waals surface area contributed by atoms with Crippen LogP contribution in [-0.4, -0.2) is 52.8 Å². The number of carbonyl (C=O) groups is 3. The number of amides is 3. The van der Waals surface area contributed by atoms with Crippen LogP contribution in [0.3, 0.4) is 0 Å². The molecule has 3 unspecified atom stereocenters. The molecule has 7 nitrogen and oxygen atoms in total. The number of hydrogen-bond donors (Lipinski definition) is 3. The van der Waals surface area contributed by atoms with Gasteiger partial charge < -0.3 is 20.3 Å². The Labute approximate surface area is 209 Å². The molecule has 0 aliphatic heterocycles. The van der Waals surface area contributed by atoms with E-state index in [0.29, 0.717) is 24.1 Å². The summed E-state index contributed by atoms with van der Waals surface area (Å²) in [5.74, 6) is 1.92. The molecular weight excluding hydrogens is 450 g/mol. The Bertz CT molecular complexity index is 858. The van der Waals surface area contributed by atoms with Gasteiger partial charge in [0.1, 0.15) is 17.7 Å². The normalized spacial score (nSPS) is 13.7. The van der Waals surface area contributed by atoms with E-state index >= 15 is 0 Å². The van der Waals surface area contributed by atoms with Gasteiger partial charge in [0.25, 0.3) is 0 Å². The smallest absolute Gasteiger partial charge is 0.408 e. The molecule has 3 atom stereocenters. The summed E-state index contributed by atoms with van der Waals surface area (Å²) in [5.41, 5.74) is 0.595. The Morgan fingerprint density at radius 2 is 1.79 bits per heavy atom. The molecule has 1 aromatic carbocycles. The zero-order valence-corrected chi connectivity index (χ0v) is 22.1. The molecule has 0 radical (unpaired) electrons. The second-order valence-electron chi connectivity index (χ2n) is 9.20. The van der Waals surface area contributed by atoms with E-state index in [1.54, 1.807) is 45.0 Å². The number of nitrogens with zero attached hydrogens (tertiary/aromatic N) is 1. The molecular formula is C26H39N3O4S. The summed E-state index contributed by atoms with van der Waals surface area (Å²) in [6, 6.07) is 4.87. The number of ether oxygens (including phenoxy) is 1. The first-order valence-corrected chi connectivity index (χ1v) is 12.4. The van der Waals surface area contributed by atoms with Crippen molar-refractivity contribution in [3.8, 4) is 12.3 Å². The Morgan fingerprint density at radius 1 is 1.18 bits per heavy atom. The molecule has 0 aliphatic carbocycles. The van der Waals surface area contributed by atoms with Crippen LogP contribution >= 0.6 is 12.6 Å². The highest BCUT2D eigenvalue weighted by Gasteiger charge is 2.38. The van der Waals surface area contributed by atoms with E-state index in [0.717, 1.165) is 12.8 Å². The van der Waals surface area contributed by atoms with Crippen LogP contribution in [0.25, 0.3) is 0 Å². The van der Waals surface area contributed by atoms with E-state index in [2.05, 4.69) is 29.2 Å². The third-order valence-corrected chi connectivity index (χ3v) is 5.61. The average Bonchev–Trinajstić information content (AvgIpc) is 2.79. The molecule has 0 bridgehead atoms. The van der Waals surface area contributed by atoms with E-state index < -0.39 is 29.7 Å². The van der Waals surface area contributed by atoms with Crippen molar-refractivity contribution in [2.75, 3.05) is 12.3 Å². The third kappa shape index (κ3) is 8.94. The van der Waals surface area contributed by atoms with Crippen molar-refractivity contribution in [1.82, 2.24) is 15.5 Å². The fourth-order valence-electron chi connectivity index (χ4n) is 3.30. The van der Waals surface area contributed by atoms with Gasteiger partial charge in [-0.05, 0) is 58.2 Å². The average molecular weight is 490 g/mol. The van der Waals surface area contributed by atoms with Crippen LogP contribution in [0.2, 0.25) is 0 Å². The fourth-order valence-corrected chi connectivity index (χ4v) is 3.54. The lowest BCUT2D eigenvalue weighted by atomic mass is 9.99. The highest BCUT2D eigenvalue weighted by atomic mass is 32.1. The van der Waals surface area contributed by atoms with Crippen molar-refractivity contribution in [2.45, 2.75) is 84.5 Å². The molecule has 0 aromatic heterocycles. The highest BCUT2D eigenvalue weighted by molar-refractivity contribution is 7.80. The first kappa shape index (κ1) is 29.4. The lowest BCUT2D eigenvalue weighted by Gasteiger charge is -2.38. The maximum absolute atomic E-state index is 13.7. The molecule has 0 saturated carbocycles. The van der Waals surface area contributed by atoms with Crippen molar-refractivity contribution < 1.29 is 19.1 Å². The minimum absolute atomic E-state index is 0.0468. The summed E-state index contributed by atoms with van der Waals surface area (Å²) in [6.07, 6.45) is 7.13. The largest absolute Gasteiger partial charge is 0.444 e. The first-order chi connectivity index (χ1) is 16.0. The van der Waals surface area contributed by atoms with Gasteiger partial charge in [-0.3, -0.25) is 9.59 Å². The zero-order chi connectivity index (χ0) is 25.9. The predicted octanol–water partition coefficient (Wildman–Crippen LogP) is 4.08. The number of alkyl carbamates (subject to hydrolysis) is 1. The number of terminal acetylenes is 1. The van der Waals surface area contributed by atoms with Gasteiger partial charge in [0, 0.05) is 23.9 Å². The zero-order valence-electron chi connectivity index (χ0n) is 21.2. The number of nitrogens with one attached hydrogen (secondary N) is 2.